The van der Waals surface area contributed by atoms with Crippen LogP contribution in [0.2, 0.25) is 5.02 Å². The van der Waals surface area contributed by atoms with E-state index in [0.29, 0.717) is 17.6 Å². The SMILES string of the molecule is Cc1ccc(Cl)cc1NC(=O)CN1CCNCC1C.Cl. The fraction of sp³-hybridized carbons (Fsp3) is 0.500. The zero-order valence-corrected chi connectivity index (χ0v) is 13.4. The highest BCUT2D eigenvalue weighted by Crippen LogP contribution is 2.20. The number of hydrogen-bond acceptors (Lipinski definition) is 3. The summed E-state index contributed by atoms with van der Waals surface area (Å²) in [6, 6.07) is 5.91. The van der Waals surface area contributed by atoms with Crippen molar-refractivity contribution in [3.8, 4) is 0 Å². The molecule has 1 amide bonds. The fourth-order valence-corrected chi connectivity index (χ4v) is 2.39. The lowest BCUT2D eigenvalue weighted by atomic mass is 10.2. The third-order valence-corrected chi connectivity index (χ3v) is 3.69. The van der Waals surface area contributed by atoms with Gasteiger partial charge in [0, 0.05) is 36.4 Å². The molecule has 1 unspecified atom stereocenters. The standard InChI is InChI=1S/C14H20ClN3O.ClH/c1-10-3-4-12(15)7-13(10)17-14(19)9-18-6-5-16-8-11(18)2;/h3-4,7,11,16H,5-6,8-9H2,1-2H3,(H,17,19);1H. The highest BCUT2D eigenvalue weighted by molar-refractivity contribution is 6.31. The molecule has 1 heterocycles. The summed E-state index contributed by atoms with van der Waals surface area (Å²) in [6.07, 6.45) is 0. The van der Waals surface area contributed by atoms with Crippen LogP contribution in [0.5, 0.6) is 0 Å². The topological polar surface area (TPSA) is 44.4 Å². The normalized spacial score (nSPS) is 19.2. The molecule has 2 rings (SSSR count). The van der Waals surface area contributed by atoms with Crippen molar-refractivity contribution in [2.24, 2.45) is 0 Å². The van der Waals surface area contributed by atoms with Crippen molar-refractivity contribution >= 4 is 35.6 Å². The largest absolute Gasteiger partial charge is 0.325 e. The van der Waals surface area contributed by atoms with Crippen LogP contribution in [0.3, 0.4) is 0 Å². The maximum absolute atomic E-state index is 12.1. The average Bonchev–Trinajstić information content (AvgIpc) is 2.37. The van der Waals surface area contributed by atoms with E-state index < -0.39 is 0 Å². The van der Waals surface area contributed by atoms with Crippen molar-refractivity contribution in [2.45, 2.75) is 19.9 Å². The van der Waals surface area contributed by atoms with Gasteiger partial charge in [-0.05, 0) is 31.5 Å². The molecule has 0 spiro atoms. The van der Waals surface area contributed by atoms with Crippen LogP contribution in [0.15, 0.2) is 18.2 Å². The number of carbonyl (C=O) groups is 1. The van der Waals surface area contributed by atoms with Crippen LogP contribution in [-0.2, 0) is 4.79 Å². The van der Waals surface area contributed by atoms with Gasteiger partial charge in [0.05, 0.1) is 6.54 Å². The van der Waals surface area contributed by atoms with E-state index in [1.165, 1.54) is 0 Å². The van der Waals surface area contributed by atoms with E-state index in [1.807, 2.05) is 19.1 Å². The Labute approximate surface area is 131 Å². The van der Waals surface area contributed by atoms with E-state index in [4.69, 9.17) is 11.6 Å². The maximum Gasteiger partial charge on any atom is 0.238 e. The van der Waals surface area contributed by atoms with Gasteiger partial charge in [0.15, 0.2) is 0 Å². The van der Waals surface area contributed by atoms with Crippen LogP contribution in [0.25, 0.3) is 0 Å². The van der Waals surface area contributed by atoms with Gasteiger partial charge in [0.1, 0.15) is 0 Å². The minimum atomic E-state index is 0. The predicted octanol–water partition coefficient (Wildman–Crippen LogP) is 2.30. The molecule has 1 saturated heterocycles. The number of aryl methyl sites for hydroxylation is 1. The lowest BCUT2D eigenvalue weighted by molar-refractivity contribution is -0.118. The average molecular weight is 318 g/mol. The molecule has 1 atom stereocenters. The molecule has 1 aliphatic heterocycles. The lowest BCUT2D eigenvalue weighted by Crippen LogP contribution is -2.52. The second-order valence-electron chi connectivity index (χ2n) is 5.03. The van der Waals surface area contributed by atoms with E-state index in [2.05, 4.69) is 22.5 Å². The van der Waals surface area contributed by atoms with Gasteiger partial charge in [-0.15, -0.1) is 12.4 Å². The van der Waals surface area contributed by atoms with E-state index in [0.717, 1.165) is 30.9 Å². The first-order valence-electron chi connectivity index (χ1n) is 6.57. The van der Waals surface area contributed by atoms with Crippen LogP contribution in [-0.4, -0.2) is 43.0 Å². The number of hydrogen-bond donors (Lipinski definition) is 2. The molecule has 0 aromatic heterocycles. The monoisotopic (exact) mass is 317 g/mol. The minimum absolute atomic E-state index is 0. The second kappa shape index (κ2) is 7.84. The van der Waals surface area contributed by atoms with Gasteiger partial charge >= 0.3 is 0 Å². The molecule has 0 aliphatic carbocycles. The van der Waals surface area contributed by atoms with Crippen molar-refractivity contribution in [3.63, 3.8) is 0 Å². The van der Waals surface area contributed by atoms with Crippen molar-refractivity contribution in [2.75, 3.05) is 31.5 Å². The highest BCUT2D eigenvalue weighted by Gasteiger charge is 2.20. The molecule has 6 heteroatoms. The Morgan fingerprint density at radius 3 is 3.00 bits per heavy atom. The van der Waals surface area contributed by atoms with Gasteiger partial charge in [0.25, 0.3) is 0 Å². The van der Waals surface area contributed by atoms with Crippen molar-refractivity contribution < 1.29 is 4.79 Å². The Hall–Kier alpha value is -0.810. The van der Waals surface area contributed by atoms with Crippen LogP contribution in [0, 0.1) is 6.92 Å². The summed E-state index contributed by atoms with van der Waals surface area (Å²) in [5, 5.41) is 6.88. The van der Waals surface area contributed by atoms with Crippen molar-refractivity contribution in [3.05, 3.63) is 28.8 Å². The maximum atomic E-state index is 12.1. The second-order valence-corrected chi connectivity index (χ2v) is 5.47. The zero-order valence-electron chi connectivity index (χ0n) is 11.8. The molecule has 0 bridgehead atoms. The molecule has 0 radical (unpaired) electrons. The molecule has 2 N–H and O–H groups in total. The molecule has 112 valence electrons. The first kappa shape index (κ1) is 17.2. The number of benzene rings is 1. The third-order valence-electron chi connectivity index (χ3n) is 3.46. The number of rotatable bonds is 3. The molecule has 1 aromatic carbocycles. The van der Waals surface area contributed by atoms with Crippen molar-refractivity contribution in [1.82, 2.24) is 10.2 Å². The Kier molecular flexibility index (Phi) is 6.76. The number of amides is 1. The molecule has 1 aliphatic rings. The van der Waals surface area contributed by atoms with E-state index >= 15 is 0 Å². The minimum Gasteiger partial charge on any atom is -0.325 e. The van der Waals surface area contributed by atoms with E-state index in [-0.39, 0.29) is 18.3 Å². The van der Waals surface area contributed by atoms with Crippen molar-refractivity contribution in [1.29, 1.82) is 0 Å². The molecular weight excluding hydrogens is 297 g/mol. The Bertz CT molecular complexity index is 468. The number of nitrogens with zero attached hydrogens (tertiary/aromatic N) is 1. The first-order chi connectivity index (χ1) is 9.06. The zero-order chi connectivity index (χ0) is 13.8. The smallest absolute Gasteiger partial charge is 0.238 e. The number of nitrogens with one attached hydrogen (secondary N) is 2. The number of piperazine rings is 1. The Balaban J connectivity index is 0.00000200. The predicted molar refractivity (Wildman–Crippen MR) is 86.0 cm³/mol. The highest BCUT2D eigenvalue weighted by atomic mass is 35.5. The molecule has 20 heavy (non-hydrogen) atoms. The van der Waals surface area contributed by atoms with Crippen LogP contribution in [0.4, 0.5) is 5.69 Å². The summed E-state index contributed by atoms with van der Waals surface area (Å²) in [5.74, 6) is 0.0131. The van der Waals surface area contributed by atoms with E-state index in [9.17, 15) is 4.79 Å². The van der Waals surface area contributed by atoms with Gasteiger partial charge in [-0.3, -0.25) is 9.69 Å². The summed E-state index contributed by atoms with van der Waals surface area (Å²) in [6.45, 7) is 7.29. The number of carbonyl (C=O) groups excluding carboxylic acids is 1. The molecule has 4 nitrogen and oxygen atoms in total. The van der Waals surface area contributed by atoms with E-state index in [1.54, 1.807) is 6.07 Å². The quantitative estimate of drug-likeness (QED) is 0.899. The molecule has 0 saturated carbocycles. The summed E-state index contributed by atoms with van der Waals surface area (Å²) in [7, 11) is 0. The van der Waals surface area contributed by atoms with Gasteiger partial charge in [-0.2, -0.15) is 0 Å². The number of anilines is 1. The van der Waals surface area contributed by atoms with Gasteiger partial charge in [-0.25, -0.2) is 0 Å². The molecular formula is C14H21Cl2N3O. The van der Waals surface area contributed by atoms with Crippen LogP contribution < -0.4 is 10.6 Å². The number of halogens is 2. The van der Waals surface area contributed by atoms with Gasteiger partial charge in [-0.1, -0.05) is 17.7 Å². The summed E-state index contributed by atoms with van der Waals surface area (Å²) in [4.78, 5) is 14.3. The summed E-state index contributed by atoms with van der Waals surface area (Å²) < 4.78 is 0. The summed E-state index contributed by atoms with van der Waals surface area (Å²) in [5.41, 5.74) is 1.81. The first-order valence-corrected chi connectivity index (χ1v) is 6.95. The van der Waals surface area contributed by atoms with Crippen LogP contribution in [0.1, 0.15) is 12.5 Å². The fourth-order valence-electron chi connectivity index (χ4n) is 2.22. The third kappa shape index (κ3) is 4.63. The summed E-state index contributed by atoms with van der Waals surface area (Å²) >= 11 is 5.95. The molecule has 1 aromatic rings. The molecule has 1 fully saturated rings. The lowest BCUT2D eigenvalue weighted by Gasteiger charge is -2.33. The Morgan fingerprint density at radius 1 is 1.55 bits per heavy atom. The van der Waals surface area contributed by atoms with Gasteiger partial charge < -0.3 is 10.6 Å². The van der Waals surface area contributed by atoms with Crippen LogP contribution >= 0.6 is 24.0 Å². The Morgan fingerprint density at radius 2 is 2.30 bits per heavy atom. The van der Waals surface area contributed by atoms with Gasteiger partial charge in [0.2, 0.25) is 5.91 Å².